The lowest BCUT2D eigenvalue weighted by molar-refractivity contribution is 0.0874. The normalized spacial score (nSPS) is 14.5. The summed E-state index contributed by atoms with van der Waals surface area (Å²) in [6.07, 6.45) is 1.92. The molecular formula is C20H19ClN8OS. The van der Waals surface area contributed by atoms with Gasteiger partial charge in [0.05, 0.1) is 23.7 Å². The van der Waals surface area contributed by atoms with Crippen LogP contribution in [0.15, 0.2) is 30.5 Å². The van der Waals surface area contributed by atoms with E-state index >= 15 is 0 Å². The van der Waals surface area contributed by atoms with Crippen LogP contribution in [0.3, 0.4) is 0 Å². The van der Waals surface area contributed by atoms with Crippen molar-refractivity contribution >= 4 is 45.8 Å². The number of nitrogens with zero attached hydrogens (tertiary/aromatic N) is 6. The second-order valence-electron chi connectivity index (χ2n) is 7.43. The number of pyridine rings is 1. The highest BCUT2D eigenvalue weighted by atomic mass is 35.5. The van der Waals surface area contributed by atoms with Crippen molar-refractivity contribution in [2.24, 2.45) is 0 Å². The van der Waals surface area contributed by atoms with E-state index in [1.165, 1.54) is 11.5 Å². The summed E-state index contributed by atoms with van der Waals surface area (Å²) in [5.74, 6) is 0.858. The molecule has 0 aliphatic carbocycles. The van der Waals surface area contributed by atoms with Crippen molar-refractivity contribution in [1.82, 2.24) is 24.6 Å². The molecule has 4 heterocycles. The van der Waals surface area contributed by atoms with Gasteiger partial charge in [-0.15, -0.1) is 0 Å². The lowest BCUT2D eigenvalue weighted by Crippen LogP contribution is -2.70. The maximum Gasteiger partial charge on any atom is 0.270 e. The van der Waals surface area contributed by atoms with Crippen molar-refractivity contribution in [3.63, 3.8) is 0 Å². The molecular weight excluding hydrogens is 436 g/mol. The number of aryl methyl sites for hydroxylation is 2. The minimum Gasteiger partial charge on any atom is -0.351 e. The van der Waals surface area contributed by atoms with Crippen LogP contribution in [0.1, 0.15) is 28.2 Å². The van der Waals surface area contributed by atoms with Gasteiger partial charge in [0.2, 0.25) is 5.95 Å². The maximum absolute atomic E-state index is 12.6. The van der Waals surface area contributed by atoms with Gasteiger partial charge in [-0.1, -0.05) is 17.7 Å². The molecule has 4 rings (SSSR count). The van der Waals surface area contributed by atoms with Crippen LogP contribution in [0, 0.1) is 25.2 Å². The minimum absolute atomic E-state index is 0.172. The van der Waals surface area contributed by atoms with E-state index in [-0.39, 0.29) is 23.2 Å². The van der Waals surface area contributed by atoms with E-state index in [1.807, 2.05) is 24.8 Å². The Hall–Kier alpha value is -3.29. The molecule has 0 aromatic carbocycles. The molecule has 1 saturated heterocycles. The zero-order valence-corrected chi connectivity index (χ0v) is 18.5. The fourth-order valence-electron chi connectivity index (χ4n) is 3.41. The van der Waals surface area contributed by atoms with Gasteiger partial charge in [-0.25, -0.2) is 9.97 Å². The molecule has 0 spiro atoms. The van der Waals surface area contributed by atoms with Crippen LogP contribution >= 0.6 is 23.1 Å². The van der Waals surface area contributed by atoms with Crippen LogP contribution in [0.5, 0.6) is 0 Å². The number of rotatable bonds is 6. The van der Waals surface area contributed by atoms with E-state index in [2.05, 4.69) is 36.0 Å². The van der Waals surface area contributed by atoms with Gasteiger partial charge in [0.15, 0.2) is 0 Å². The summed E-state index contributed by atoms with van der Waals surface area (Å²) >= 11 is 7.23. The van der Waals surface area contributed by atoms with Crippen molar-refractivity contribution in [2.75, 3.05) is 23.3 Å². The van der Waals surface area contributed by atoms with Crippen LogP contribution in [0.2, 0.25) is 5.15 Å². The number of amides is 1. The van der Waals surface area contributed by atoms with E-state index in [1.54, 1.807) is 24.4 Å². The van der Waals surface area contributed by atoms with Crippen LogP contribution in [0.25, 0.3) is 0 Å². The summed E-state index contributed by atoms with van der Waals surface area (Å²) in [6, 6.07) is 8.95. The molecule has 0 atom stereocenters. The predicted molar refractivity (Wildman–Crippen MR) is 119 cm³/mol. The van der Waals surface area contributed by atoms with E-state index in [0.29, 0.717) is 19.0 Å². The number of nitrogens with one attached hydrogen (secondary N) is 2. The van der Waals surface area contributed by atoms with Gasteiger partial charge in [0.1, 0.15) is 21.7 Å². The zero-order chi connectivity index (χ0) is 22.0. The fourth-order valence-corrected chi connectivity index (χ4v) is 4.23. The van der Waals surface area contributed by atoms with Crippen molar-refractivity contribution in [3.05, 3.63) is 52.6 Å². The first-order valence-electron chi connectivity index (χ1n) is 9.48. The van der Waals surface area contributed by atoms with Crippen LogP contribution in [-0.4, -0.2) is 43.9 Å². The third kappa shape index (κ3) is 4.57. The van der Waals surface area contributed by atoms with Gasteiger partial charge in [0, 0.05) is 24.8 Å². The molecule has 9 nitrogen and oxygen atoms in total. The maximum atomic E-state index is 12.6. The molecule has 0 radical (unpaired) electrons. The first kappa shape index (κ1) is 21.0. The van der Waals surface area contributed by atoms with Gasteiger partial charge < -0.3 is 15.5 Å². The number of halogens is 1. The Labute approximate surface area is 188 Å². The quantitative estimate of drug-likeness (QED) is 0.544. The topological polar surface area (TPSA) is 120 Å². The molecule has 1 aliphatic heterocycles. The third-order valence-electron chi connectivity index (χ3n) is 4.84. The zero-order valence-electron chi connectivity index (χ0n) is 16.9. The number of aromatic nitrogens is 4. The van der Waals surface area contributed by atoms with Gasteiger partial charge in [0.25, 0.3) is 5.91 Å². The number of carbonyl (C=O) groups is 1. The molecule has 3 aromatic heterocycles. The molecule has 158 valence electrons. The SMILES string of the molecule is Cc1cc(Nc2ncc(C)c(N3CC(CC#N)(NC(=O)c4cccc(Cl)n4)C3)n2)sn1. The van der Waals surface area contributed by atoms with Crippen molar-refractivity contribution in [1.29, 1.82) is 5.26 Å². The standard InChI is InChI=1S/C20H19ClN8OS/c1-12-9-23-19(25-16-8-13(2)28-31-16)26-17(12)29-10-20(11-29,6-7-22)27-18(30)14-4-3-5-15(21)24-14/h3-5,8-9H,6,10-11H2,1-2H3,(H,27,30)(H,23,25,26). The second kappa shape index (κ2) is 8.45. The monoisotopic (exact) mass is 454 g/mol. The number of nitriles is 1. The summed E-state index contributed by atoms with van der Waals surface area (Å²) in [6.45, 7) is 4.74. The van der Waals surface area contributed by atoms with Gasteiger partial charge in [-0.05, 0) is 43.6 Å². The Bertz CT molecular complexity index is 1170. The lowest BCUT2D eigenvalue weighted by atomic mass is 9.86. The van der Waals surface area contributed by atoms with Crippen LogP contribution in [0.4, 0.5) is 16.8 Å². The largest absolute Gasteiger partial charge is 0.351 e. The Morgan fingerprint density at radius 3 is 2.84 bits per heavy atom. The number of carbonyl (C=O) groups excluding carboxylic acids is 1. The smallest absolute Gasteiger partial charge is 0.270 e. The fraction of sp³-hybridized carbons (Fsp3) is 0.300. The molecule has 2 N–H and O–H groups in total. The van der Waals surface area contributed by atoms with Crippen molar-refractivity contribution in [2.45, 2.75) is 25.8 Å². The molecule has 0 bridgehead atoms. The molecule has 0 unspecified atom stereocenters. The summed E-state index contributed by atoms with van der Waals surface area (Å²) < 4.78 is 4.24. The molecule has 1 fully saturated rings. The van der Waals surface area contributed by atoms with Gasteiger partial charge >= 0.3 is 0 Å². The number of hydrogen-bond donors (Lipinski definition) is 2. The van der Waals surface area contributed by atoms with Crippen LogP contribution < -0.4 is 15.5 Å². The lowest BCUT2D eigenvalue weighted by Gasteiger charge is -2.50. The minimum atomic E-state index is -0.685. The average Bonchev–Trinajstić information content (AvgIpc) is 3.12. The van der Waals surface area contributed by atoms with Crippen LogP contribution in [-0.2, 0) is 0 Å². The Morgan fingerprint density at radius 2 is 2.16 bits per heavy atom. The average molecular weight is 455 g/mol. The van der Waals surface area contributed by atoms with Gasteiger partial charge in [-0.3, -0.25) is 4.79 Å². The predicted octanol–water partition coefficient (Wildman–Crippen LogP) is 3.24. The van der Waals surface area contributed by atoms with Crippen molar-refractivity contribution < 1.29 is 4.79 Å². The van der Waals surface area contributed by atoms with E-state index in [4.69, 9.17) is 11.6 Å². The Kier molecular flexibility index (Phi) is 5.71. The summed E-state index contributed by atoms with van der Waals surface area (Å²) in [4.78, 5) is 27.7. The summed E-state index contributed by atoms with van der Waals surface area (Å²) in [5.41, 5.74) is 1.36. The van der Waals surface area contributed by atoms with Gasteiger partial charge in [-0.2, -0.15) is 14.6 Å². The first-order chi connectivity index (χ1) is 14.9. The Morgan fingerprint density at radius 1 is 1.35 bits per heavy atom. The number of anilines is 3. The first-order valence-corrected chi connectivity index (χ1v) is 10.6. The number of hydrogen-bond acceptors (Lipinski definition) is 9. The molecule has 31 heavy (non-hydrogen) atoms. The summed E-state index contributed by atoms with van der Waals surface area (Å²) in [7, 11) is 0. The van der Waals surface area contributed by atoms with E-state index in [0.717, 1.165) is 22.1 Å². The highest BCUT2D eigenvalue weighted by molar-refractivity contribution is 7.10. The highest BCUT2D eigenvalue weighted by Gasteiger charge is 2.45. The van der Waals surface area contributed by atoms with Crippen molar-refractivity contribution in [3.8, 4) is 6.07 Å². The molecule has 3 aromatic rings. The Balaban J connectivity index is 1.49. The van der Waals surface area contributed by atoms with E-state index < -0.39 is 5.54 Å². The molecule has 1 aliphatic rings. The highest BCUT2D eigenvalue weighted by Crippen LogP contribution is 2.32. The summed E-state index contributed by atoms with van der Waals surface area (Å²) in [5, 5.41) is 16.5. The van der Waals surface area contributed by atoms with E-state index in [9.17, 15) is 10.1 Å². The molecule has 0 saturated carbocycles. The molecule has 11 heteroatoms. The third-order valence-corrected chi connectivity index (χ3v) is 5.84. The molecule has 1 amide bonds. The second-order valence-corrected chi connectivity index (χ2v) is 8.62.